The van der Waals surface area contributed by atoms with Crippen LogP contribution < -0.4 is 11.1 Å². The van der Waals surface area contributed by atoms with Crippen molar-refractivity contribution < 1.29 is 4.79 Å². The van der Waals surface area contributed by atoms with Gasteiger partial charge >= 0.3 is 0 Å². The molecule has 0 fully saturated rings. The van der Waals surface area contributed by atoms with Crippen LogP contribution in [0.3, 0.4) is 0 Å². The Bertz CT molecular complexity index is 633. The average molecular weight is 253 g/mol. The molecule has 0 aliphatic heterocycles. The predicted molar refractivity (Wildman–Crippen MR) is 75.9 cm³/mol. The van der Waals surface area contributed by atoms with Gasteiger partial charge in [0, 0.05) is 17.4 Å². The quantitative estimate of drug-likeness (QED) is 0.715. The number of benzene rings is 1. The number of amides is 1. The highest BCUT2D eigenvalue weighted by molar-refractivity contribution is 6.03. The number of aryl methyl sites for hydroxylation is 1. The largest absolute Gasteiger partial charge is 0.357 e. The molecular weight excluding hydrogens is 238 g/mol. The molecule has 1 aromatic carbocycles. The van der Waals surface area contributed by atoms with Gasteiger partial charge in [0.15, 0.2) is 0 Å². The highest BCUT2D eigenvalue weighted by atomic mass is 16.1. The molecule has 2 rings (SSSR count). The van der Waals surface area contributed by atoms with Crippen LogP contribution in [0.15, 0.2) is 36.5 Å². The normalized spacial score (nSPS) is 9.58. The van der Waals surface area contributed by atoms with E-state index in [1.807, 2.05) is 25.1 Å². The second-order valence-corrected chi connectivity index (χ2v) is 4.07. The van der Waals surface area contributed by atoms with E-state index in [4.69, 9.17) is 5.73 Å². The number of aromatic nitrogens is 1. The zero-order valence-electron chi connectivity index (χ0n) is 10.7. The number of aromatic amines is 1. The summed E-state index contributed by atoms with van der Waals surface area (Å²) in [6.07, 6.45) is 1.71. The molecule has 0 bridgehead atoms. The Kier molecular flexibility index (Phi) is 4.01. The van der Waals surface area contributed by atoms with Gasteiger partial charge in [-0.1, -0.05) is 17.9 Å². The standard InChI is InChI=1S/C15H15N3O/c1-11-6-7-13(10-12(11)4-2-8-16)18-15(19)14-5-3-9-17-14/h3,5-7,9-10,17H,8,16H2,1H3,(H,18,19). The molecule has 0 aliphatic rings. The van der Waals surface area contributed by atoms with Crippen molar-refractivity contribution in [3.05, 3.63) is 53.3 Å². The number of carbonyl (C=O) groups is 1. The Balaban J connectivity index is 2.19. The lowest BCUT2D eigenvalue weighted by atomic mass is 10.1. The summed E-state index contributed by atoms with van der Waals surface area (Å²) in [7, 11) is 0. The summed E-state index contributed by atoms with van der Waals surface area (Å²) in [5.74, 6) is 5.62. The first-order valence-electron chi connectivity index (χ1n) is 5.95. The van der Waals surface area contributed by atoms with Crippen LogP contribution in [0.2, 0.25) is 0 Å². The smallest absolute Gasteiger partial charge is 0.272 e. The van der Waals surface area contributed by atoms with Crippen LogP contribution in [0.1, 0.15) is 21.6 Å². The Labute approximate surface area is 112 Å². The predicted octanol–water partition coefficient (Wildman–Crippen LogP) is 1.89. The van der Waals surface area contributed by atoms with Crippen LogP contribution in [0.5, 0.6) is 0 Å². The van der Waals surface area contributed by atoms with Crippen molar-refractivity contribution >= 4 is 11.6 Å². The van der Waals surface area contributed by atoms with Gasteiger partial charge in [-0.15, -0.1) is 0 Å². The van der Waals surface area contributed by atoms with E-state index in [0.717, 1.165) is 11.1 Å². The van der Waals surface area contributed by atoms with E-state index in [9.17, 15) is 4.79 Å². The molecule has 1 heterocycles. The number of nitrogens with one attached hydrogen (secondary N) is 2. The molecule has 0 unspecified atom stereocenters. The molecule has 0 saturated carbocycles. The van der Waals surface area contributed by atoms with Gasteiger partial charge in [0.2, 0.25) is 0 Å². The van der Waals surface area contributed by atoms with Crippen molar-refractivity contribution in [2.45, 2.75) is 6.92 Å². The van der Waals surface area contributed by atoms with Crippen LogP contribution in [-0.4, -0.2) is 17.4 Å². The molecule has 1 aromatic heterocycles. The van der Waals surface area contributed by atoms with E-state index in [1.165, 1.54) is 0 Å². The van der Waals surface area contributed by atoms with Crippen LogP contribution in [0, 0.1) is 18.8 Å². The summed E-state index contributed by atoms with van der Waals surface area (Å²) in [5.41, 5.74) is 8.52. The number of hydrogen-bond donors (Lipinski definition) is 3. The minimum absolute atomic E-state index is 0.174. The number of anilines is 1. The second-order valence-electron chi connectivity index (χ2n) is 4.07. The van der Waals surface area contributed by atoms with Crippen molar-refractivity contribution in [3.63, 3.8) is 0 Å². The summed E-state index contributed by atoms with van der Waals surface area (Å²) in [4.78, 5) is 14.7. The molecule has 1 amide bonds. The third kappa shape index (κ3) is 3.24. The van der Waals surface area contributed by atoms with Gasteiger partial charge in [0.25, 0.3) is 5.91 Å². The molecule has 0 saturated heterocycles. The van der Waals surface area contributed by atoms with E-state index in [-0.39, 0.29) is 5.91 Å². The Morgan fingerprint density at radius 1 is 1.42 bits per heavy atom. The molecule has 96 valence electrons. The Morgan fingerprint density at radius 2 is 2.26 bits per heavy atom. The first-order valence-corrected chi connectivity index (χ1v) is 5.95. The van der Waals surface area contributed by atoms with Crippen LogP contribution in [0.25, 0.3) is 0 Å². The van der Waals surface area contributed by atoms with Gasteiger partial charge in [-0.2, -0.15) is 0 Å². The molecule has 2 aromatic rings. The molecule has 0 aliphatic carbocycles. The monoisotopic (exact) mass is 253 g/mol. The number of H-pyrrole nitrogens is 1. The minimum Gasteiger partial charge on any atom is -0.357 e. The summed E-state index contributed by atoms with van der Waals surface area (Å²) < 4.78 is 0. The maximum atomic E-state index is 11.9. The molecule has 19 heavy (non-hydrogen) atoms. The Morgan fingerprint density at radius 3 is 2.95 bits per heavy atom. The van der Waals surface area contributed by atoms with E-state index in [2.05, 4.69) is 22.1 Å². The van der Waals surface area contributed by atoms with Crippen molar-refractivity contribution in [3.8, 4) is 11.8 Å². The van der Waals surface area contributed by atoms with Gasteiger partial charge in [-0.3, -0.25) is 4.79 Å². The molecule has 0 radical (unpaired) electrons. The van der Waals surface area contributed by atoms with Crippen molar-refractivity contribution in [2.75, 3.05) is 11.9 Å². The van der Waals surface area contributed by atoms with Gasteiger partial charge in [0.1, 0.15) is 5.69 Å². The highest BCUT2D eigenvalue weighted by Gasteiger charge is 2.06. The molecule has 4 N–H and O–H groups in total. The number of nitrogens with two attached hydrogens (primary N) is 1. The van der Waals surface area contributed by atoms with Gasteiger partial charge in [0.05, 0.1) is 6.54 Å². The fourth-order valence-electron chi connectivity index (χ4n) is 1.65. The second kappa shape index (κ2) is 5.89. The topological polar surface area (TPSA) is 70.9 Å². The van der Waals surface area contributed by atoms with Gasteiger partial charge in [-0.05, 0) is 36.8 Å². The maximum Gasteiger partial charge on any atom is 0.272 e. The lowest BCUT2D eigenvalue weighted by Gasteiger charge is -2.06. The zero-order valence-corrected chi connectivity index (χ0v) is 10.7. The lowest BCUT2D eigenvalue weighted by molar-refractivity contribution is 0.102. The summed E-state index contributed by atoms with van der Waals surface area (Å²) in [5, 5.41) is 2.82. The first-order chi connectivity index (χ1) is 9.20. The van der Waals surface area contributed by atoms with Crippen molar-refractivity contribution in [1.82, 2.24) is 4.98 Å². The number of rotatable bonds is 2. The average Bonchev–Trinajstić information content (AvgIpc) is 2.93. The fourth-order valence-corrected chi connectivity index (χ4v) is 1.65. The SMILES string of the molecule is Cc1ccc(NC(=O)c2ccc[nH]2)cc1C#CCN. The van der Waals surface area contributed by atoms with E-state index in [1.54, 1.807) is 18.3 Å². The lowest BCUT2D eigenvalue weighted by Crippen LogP contribution is -2.12. The maximum absolute atomic E-state index is 11.9. The molecule has 0 atom stereocenters. The zero-order chi connectivity index (χ0) is 13.7. The van der Waals surface area contributed by atoms with Crippen LogP contribution >= 0.6 is 0 Å². The van der Waals surface area contributed by atoms with Crippen LogP contribution in [-0.2, 0) is 0 Å². The van der Waals surface area contributed by atoms with Gasteiger partial charge in [-0.25, -0.2) is 0 Å². The molecular formula is C15H15N3O. The van der Waals surface area contributed by atoms with Gasteiger partial charge < -0.3 is 16.0 Å². The van der Waals surface area contributed by atoms with Crippen molar-refractivity contribution in [1.29, 1.82) is 0 Å². The number of carbonyl (C=O) groups excluding carboxylic acids is 1. The van der Waals surface area contributed by atoms with E-state index >= 15 is 0 Å². The van der Waals surface area contributed by atoms with E-state index in [0.29, 0.717) is 17.9 Å². The van der Waals surface area contributed by atoms with E-state index < -0.39 is 0 Å². The summed E-state index contributed by atoms with van der Waals surface area (Å²) in [6, 6.07) is 9.12. The number of hydrogen-bond acceptors (Lipinski definition) is 2. The third-order valence-corrected chi connectivity index (χ3v) is 2.66. The molecule has 0 spiro atoms. The fraction of sp³-hybridized carbons (Fsp3) is 0.133. The van der Waals surface area contributed by atoms with Crippen molar-refractivity contribution in [2.24, 2.45) is 5.73 Å². The molecule has 4 nitrogen and oxygen atoms in total. The minimum atomic E-state index is -0.174. The summed E-state index contributed by atoms with van der Waals surface area (Å²) >= 11 is 0. The third-order valence-electron chi connectivity index (χ3n) is 2.66. The first kappa shape index (κ1) is 12.9. The highest BCUT2D eigenvalue weighted by Crippen LogP contribution is 2.15. The molecule has 4 heteroatoms. The summed E-state index contributed by atoms with van der Waals surface area (Å²) in [6.45, 7) is 2.29. The Hall–Kier alpha value is -2.51. The van der Waals surface area contributed by atoms with Crippen LogP contribution in [0.4, 0.5) is 5.69 Å².